The van der Waals surface area contributed by atoms with Gasteiger partial charge in [-0.05, 0) is 43.4 Å². The van der Waals surface area contributed by atoms with Gasteiger partial charge in [-0.2, -0.15) is 16.5 Å². The zero-order chi connectivity index (χ0) is 20.9. The first-order chi connectivity index (χ1) is 13.9. The van der Waals surface area contributed by atoms with E-state index < -0.39 is 26.8 Å². The predicted octanol–water partition coefficient (Wildman–Crippen LogP) is 2.31. The van der Waals surface area contributed by atoms with Crippen LogP contribution < -0.4 is 4.72 Å². The highest BCUT2D eigenvalue weighted by Crippen LogP contribution is 2.24. The molecule has 162 valence electrons. The minimum atomic E-state index is -4.12. The summed E-state index contributed by atoms with van der Waals surface area (Å²) in [6, 6.07) is 4.97. The summed E-state index contributed by atoms with van der Waals surface area (Å²) in [5, 5.41) is 0. The van der Waals surface area contributed by atoms with E-state index in [0.717, 1.165) is 19.2 Å². The molecular weight excluding hydrogens is 413 g/mol. The number of hydrogen-bond donors (Lipinski definition) is 1. The minimum Gasteiger partial charge on any atom is -0.339 e. The highest BCUT2D eigenvalue weighted by Gasteiger charge is 2.33. The molecule has 29 heavy (non-hydrogen) atoms. The topological polar surface area (TPSA) is 69.7 Å². The maximum absolute atomic E-state index is 14.0. The van der Waals surface area contributed by atoms with Crippen molar-refractivity contribution in [2.45, 2.75) is 49.1 Å². The molecule has 9 heteroatoms. The Morgan fingerprint density at radius 2 is 1.86 bits per heavy atom. The van der Waals surface area contributed by atoms with Crippen LogP contribution in [0.2, 0.25) is 0 Å². The molecule has 1 saturated heterocycles. The van der Waals surface area contributed by atoms with Gasteiger partial charge in [-0.3, -0.25) is 9.69 Å². The number of nitrogens with one attached hydrogen (secondary N) is 1. The monoisotopic (exact) mass is 443 g/mol. The second-order valence-corrected chi connectivity index (χ2v) is 10.4. The van der Waals surface area contributed by atoms with E-state index in [4.69, 9.17) is 0 Å². The molecule has 3 rings (SSSR count). The normalized spacial score (nSPS) is 20.1. The molecule has 0 aromatic heterocycles. The van der Waals surface area contributed by atoms with Crippen LogP contribution in [0.25, 0.3) is 0 Å². The molecule has 1 unspecified atom stereocenters. The third-order valence-corrected chi connectivity index (χ3v) is 7.95. The zero-order valence-corrected chi connectivity index (χ0v) is 18.5. The van der Waals surface area contributed by atoms with Gasteiger partial charge in [-0.25, -0.2) is 12.8 Å². The highest BCUT2D eigenvalue weighted by atomic mass is 32.2. The van der Waals surface area contributed by atoms with Crippen LogP contribution in [0.3, 0.4) is 0 Å². The molecule has 2 aliphatic rings. The third-order valence-electron chi connectivity index (χ3n) is 5.80. The number of carbonyl (C=O) groups excluding carboxylic acids is 1. The van der Waals surface area contributed by atoms with E-state index in [9.17, 15) is 17.6 Å². The Kier molecular flexibility index (Phi) is 7.95. The molecule has 0 bridgehead atoms. The maximum atomic E-state index is 14.0. The van der Waals surface area contributed by atoms with E-state index in [-0.39, 0.29) is 5.91 Å². The number of carbonyl (C=O) groups is 1. The summed E-state index contributed by atoms with van der Waals surface area (Å²) in [6.45, 7) is 2.86. The first-order valence-corrected chi connectivity index (χ1v) is 13.1. The molecule has 1 amide bonds. The lowest BCUT2D eigenvalue weighted by Gasteiger charge is -2.39. The Balaban J connectivity index is 1.66. The number of hydrogen-bond acceptors (Lipinski definition) is 5. The van der Waals surface area contributed by atoms with Crippen molar-refractivity contribution in [2.24, 2.45) is 0 Å². The van der Waals surface area contributed by atoms with E-state index >= 15 is 0 Å². The van der Waals surface area contributed by atoms with Crippen LogP contribution in [0.5, 0.6) is 0 Å². The van der Waals surface area contributed by atoms with Gasteiger partial charge in [-0.15, -0.1) is 0 Å². The number of thioether (sulfide) groups is 1. The van der Waals surface area contributed by atoms with E-state index in [1.807, 2.05) is 6.26 Å². The van der Waals surface area contributed by atoms with Gasteiger partial charge in [0.15, 0.2) is 0 Å². The number of nitrogens with zero attached hydrogens (tertiary/aromatic N) is 2. The van der Waals surface area contributed by atoms with E-state index in [1.165, 1.54) is 43.9 Å². The third kappa shape index (κ3) is 5.71. The van der Waals surface area contributed by atoms with Crippen LogP contribution in [0.1, 0.15) is 32.1 Å². The Morgan fingerprint density at radius 1 is 1.21 bits per heavy atom. The van der Waals surface area contributed by atoms with Crippen molar-refractivity contribution in [3.8, 4) is 0 Å². The second kappa shape index (κ2) is 10.2. The van der Waals surface area contributed by atoms with Gasteiger partial charge in [0, 0.05) is 32.2 Å². The van der Waals surface area contributed by atoms with Crippen LogP contribution in [-0.2, 0) is 14.8 Å². The number of benzene rings is 1. The largest absolute Gasteiger partial charge is 0.339 e. The number of sulfonamides is 1. The lowest BCUT2D eigenvalue weighted by molar-refractivity contribution is -0.135. The molecule has 0 spiro atoms. The van der Waals surface area contributed by atoms with E-state index in [0.29, 0.717) is 31.3 Å². The maximum Gasteiger partial charge on any atom is 0.244 e. The van der Waals surface area contributed by atoms with Gasteiger partial charge in [0.05, 0.1) is 0 Å². The number of halogens is 1. The summed E-state index contributed by atoms with van der Waals surface area (Å²) in [5.74, 6) is -0.399. The van der Waals surface area contributed by atoms with Gasteiger partial charge in [-0.1, -0.05) is 25.0 Å². The van der Waals surface area contributed by atoms with Crippen LogP contribution in [0.4, 0.5) is 4.39 Å². The van der Waals surface area contributed by atoms with Crippen molar-refractivity contribution in [3.63, 3.8) is 0 Å². The zero-order valence-electron chi connectivity index (χ0n) is 16.8. The van der Waals surface area contributed by atoms with Crippen LogP contribution in [0.15, 0.2) is 29.2 Å². The summed E-state index contributed by atoms with van der Waals surface area (Å²) in [4.78, 5) is 16.9. The van der Waals surface area contributed by atoms with Crippen molar-refractivity contribution >= 4 is 27.7 Å². The molecule has 1 saturated carbocycles. The number of rotatable bonds is 8. The van der Waals surface area contributed by atoms with Gasteiger partial charge in [0.25, 0.3) is 0 Å². The van der Waals surface area contributed by atoms with Gasteiger partial charge < -0.3 is 4.90 Å². The predicted molar refractivity (Wildman–Crippen MR) is 114 cm³/mol. The number of piperazine rings is 1. The molecule has 1 aromatic rings. The molecule has 1 aromatic carbocycles. The lowest BCUT2D eigenvalue weighted by atomic mass is 10.1. The molecular formula is C20H30FN3O3S2. The van der Waals surface area contributed by atoms with Crippen molar-refractivity contribution in [1.82, 2.24) is 14.5 Å². The summed E-state index contributed by atoms with van der Waals surface area (Å²) in [5.41, 5.74) is 0. The molecule has 2 fully saturated rings. The van der Waals surface area contributed by atoms with Gasteiger partial charge in [0.1, 0.15) is 16.8 Å². The fraction of sp³-hybridized carbons (Fsp3) is 0.650. The van der Waals surface area contributed by atoms with Crippen molar-refractivity contribution in [3.05, 3.63) is 30.1 Å². The summed E-state index contributed by atoms with van der Waals surface area (Å²) in [7, 11) is -4.12. The molecule has 1 aliphatic carbocycles. The Bertz CT molecular complexity index is 792. The van der Waals surface area contributed by atoms with Gasteiger partial charge >= 0.3 is 0 Å². The first-order valence-electron chi connectivity index (χ1n) is 10.2. The van der Waals surface area contributed by atoms with Crippen LogP contribution in [-0.4, -0.2) is 74.4 Å². The van der Waals surface area contributed by atoms with Crippen molar-refractivity contribution in [1.29, 1.82) is 0 Å². The Labute approximate surface area is 177 Å². The van der Waals surface area contributed by atoms with Crippen LogP contribution in [0, 0.1) is 5.82 Å². The second-order valence-electron chi connectivity index (χ2n) is 7.69. The van der Waals surface area contributed by atoms with E-state index in [2.05, 4.69) is 9.62 Å². The minimum absolute atomic E-state index is 0.218. The quantitative estimate of drug-likeness (QED) is 0.668. The van der Waals surface area contributed by atoms with Crippen molar-refractivity contribution < 1.29 is 17.6 Å². The SMILES string of the molecule is CSCCC(NS(=O)(=O)c1ccccc1F)C(=O)N1CCN(C2CCCC2)CC1. The average molecular weight is 444 g/mol. The summed E-state index contributed by atoms with van der Waals surface area (Å²) >= 11 is 1.55. The number of amides is 1. The van der Waals surface area contributed by atoms with Crippen LogP contribution >= 0.6 is 11.8 Å². The lowest BCUT2D eigenvalue weighted by Crippen LogP contribution is -2.56. The standard InChI is InChI=1S/C20H30FN3O3S2/c1-28-15-10-18(22-29(26,27)19-9-5-4-8-17(19)21)20(25)24-13-11-23(12-14-24)16-6-2-3-7-16/h4-5,8-9,16,18,22H,2-3,6-7,10-15H2,1H3. The molecule has 1 heterocycles. The van der Waals surface area contributed by atoms with Gasteiger partial charge in [0.2, 0.25) is 15.9 Å². The molecule has 1 aliphatic heterocycles. The van der Waals surface area contributed by atoms with Crippen molar-refractivity contribution in [2.75, 3.05) is 38.2 Å². The Hall–Kier alpha value is -1.16. The average Bonchev–Trinajstić information content (AvgIpc) is 3.26. The molecule has 0 radical (unpaired) electrons. The molecule has 6 nitrogen and oxygen atoms in total. The molecule has 1 N–H and O–H groups in total. The van der Waals surface area contributed by atoms with E-state index in [1.54, 1.807) is 16.7 Å². The fourth-order valence-electron chi connectivity index (χ4n) is 4.18. The highest BCUT2D eigenvalue weighted by molar-refractivity contribution is 7.98. The summed E-state index contributed by atoms with van der Waals surface area (Å²) in [6.07, 6.45) is 7.29. The summed E-state index contributed by atoms with van der Waals surface area (Å²) < 4.78 is 41.9. The smallest absolute Gasteiger partial charge is 0.244 e. The Morgan fingerprint density at radius 3 is 2.48 bits per heavy atom. The molecule has 1 atom stereocenters. The fourth-order valence-corrected chi connectivity index (χ4v) is 5.95. The first kappa shape index (κ1) is 22.5.